The van der Waals surface area contributed by atoms with Crippen molar-refractivity contribution in [3.05, 3.63) is 24.4 Å². The van der Waals surface area contributed by atoms with Crippen LogP contribution in [0.1, 0.15) is 148 Å². The molecule has 5 N–H and O–H groups in total. The number of unbranched alkanes of at least 4 members (excludes halogenated alkanes) is 2. The van der Waals surface area contributed by atoms with Crippen molar-refractivity contribution in [2.24, 2.45) is 41.4 Å². The van der Waals surface area contributed by atoms with Crippen molar-refractivity contribution in [3.63, 3.8) is 0 Å². The summed E-state index contributed by atoms with van der Waals surface area (Å²) in [6, 6.07) is 3.16. The van der Waals surface area contributed by atoms with Gasteiger partial charge in [-0.3, -0.25) is 40.1 Å². The number of halogens is 2. The van der Waals surface area contributed by atoms with Crippen LogP contribution in [0.15, 0.2) is 24.4 Å². The Kier molecular flexibility index (Phi) is 34.2. The first-order valence-corrected chi connectivity index (χ1v) is 40.6. The topological polar surface area (TPSA) is 246 Å². The molecule has 102 heavy (non-hydrogen) atoms. The van der Waals surface area contributed by atoms with Gasteiger partial charge in [0.05, 0.1) is 117 Å². The second kappa shape index (κ2) is 43.0. The molecule has 26 heteroatoms. The van der Waals surface area contributed by atoms with Gasteiger partial charge in [-0.05, 0) is 153 Å². The highest BCUT2D eigenvalue weighted by atomic mass is 35.5. The Bertz CT molecular complexity index is 2640. The lowest BCUT2D eigenvalue weighted by molar-refractivity contribution is -0.144. The predicted octanol–water partition coefficient (Wildman–Crippen LogP) is 6.89. The number of allylic oxidation sites excluding steroid dienone is 1. The van der Waals surface area contributed by atoms with Gasteiger partial charge >= 0.3 is 6.03 Å². The molecule has 4 aliphatic carbocycles. The molecule has 6 saturated heterocycles. The summed E-state index contributed by atoms with van der Waals surface area (Å²) >= 11 is 13.8. The molecule has 0 aromatic carbocycles. The third-order valence-electron chi connectivity index (χ3n) is 24.4. The zero-order valence-electron chi connectivity index (χ0n) is 62.1. The number of piperazine rings is 1. The van der Waals surface area contributed by atoms with Crippen LogP contribution in [0.25, 0.3) is 0 Å². The lowest BCUT2D eigenvalue weighted by Crippen LogP contribution is -2.74. The van der Waals surface area contributed by atoms with E-state index in [-0.39, 0.29) is 83.9 Å². The van der Waals surface area contributed by atoms with E-state index in [1.807, 2.05) is 0 Å². The van der Waals surface area contributed by atoms with Gasteiger partial charge in [-0.25, -0.2) is 4.79 Å². The van der Waals surface area contributed by atoms with Gasteiger partial charge in [-0.1, -0.05) is 58.1 Å². The zero-order valence-corrected chi connectivity index (χ0v) is 63.6. The van der Waals surface area contributed by atoms with E-state index in [1.54, 1.807) is 4.90 Å². The molecule has 0 spiro atoms. The van der Waals surface area contributed by atoms with Crippen molar-refractivity contribution >= 4 is 47.0 Å². The lowest BCUT2D eigenvalue weighted by atomic mass is 9.67. The number of hydrogen-bond donors (Lipinski definition) is 5. The van der Waals surface area contributed by atoms with Crippen LogP contribution in [-0.4, -0.2) is 291 Å². The molecule has 18 atom stereocenters. The highest BCUT2D eigenvalue weighted by Gasteiger charge is 2.51. The summed E-state index contributed by atoms with van der Waals surface area (Å²) in [5.74, 6) is 1.82. The monoisotopic (exact) mass is 1470 g/mol. The second-order valence-corrected chi connectivity index (χ2v) is 32.3. The number of alkyl halides is 2. The van der Waals surface area contributed by atoms with Crippen molar-refractivity contribution in [1.82, 2.24) is 56.0 Å². The van der Waals surface area contributed by atoms with Gasteiger partial charge in [0.15, 0.2) is 6.35 Å². The molecule has 16 unspecified atom stereocenters. The van der Waals surface area contributed by atoms with Crippen LogP contribution in [0.2, 0.25) is 0 Å². The minimum absolute atomic E-state index is 0.0248. The average molecular weight is 1470 g/mol. The zero-order chi connectivity index (χ0) is 71.6. The van der Waals surface area contributed by atoms with Crippen molar-refractivity contribution < 1.29 is 57.1 Å². The fourth-order valence-corrected chi connectivity index (χ4v) is 19.4. The molecule has 0 aromatic heterocycles. The van der Waals surface area contributed by atoms with Gasteiger partial charge in [0.25, 0.3) is 0 Å². The number of imide groups is 1. The molecule has 10 fully saturated rings. The molecule has 0 radical (unpaired) electrons. The van der Waals surface area contributed by atoms with E-state index in [2.05, 4.69) is 96.9 Å². The maximum Gasteiger partial charge on any atom is 0.315 e. The molecule has 6 aliphatic heterocycles. The van der Waals surface area contributed by atoms with E-state index in [0.717, 1.165) is 141 Å². The number of ether oxygens (including phenoxy) is 8. The Morgan fingerprint density at radius 3 is 2.11 bits per heavy atom. The van der Waals surface area contributed by atoms with Gasteiger partial charge in [0.1, 0.15) is 6.04 Å². The summed E-state index contributed by atoms with van der Waals surface area (Å²) in [5.41, 5.74) is 0.955. The van der Waals surface area contributed by atoms with E-state index in [1.165, 1.54) is 44.9 Å². The molecule has 578 valence electrons. The van der Waals surface area contributed by atoms with Gasteiger partial charge in [-0.2, -0.15) is 5.26 Å². The SMILES string of the molecule is C=C(/C=C/CN(C)CCOCCOCCOCCOCCOCCOCCOCCCCCC(NC(=O)NC1CCC(C)C(Cl)C1)C1CCC2C(=O)N(C3CCC(=O)NC3=O)CC2C1)N1CCN(C2NC(OC[C@@H]3CCCN3C)NC3CN(C4CCCC5CCCC(Cl)C54)CCC32)C[C@@H]1CC#N. The summed E-state index contributed by atoms with van der Waals surface area (Å²) in [7, 11) is 4.32. The summed E-state index contributed by atoms with van der Waals surface area (Å²) in [6.45, 7) is 22.3. The number of likely N-dealkylation sites (N-methyl/N-ethyl adjacent to an activating group) is 2. The van der Waals surface area contributed by atoms with Gasteiger partial charge in [0, 0.05) is 117 Å². The number of hydrogen-bond acceptors (Lipinski definition) is 20. The van der Waals surface area contributed by atoms with Gasteiger partial charge < -0.3 is 68.1 Å². The molecule has 4 saturated carbocycles. The van der Waals surface area contributed by atoms with Crippen LogP contribution in [0.3, 0.4) is 0 Å². The van der Waals surface area contributed by atoms with Crippen molar-refractivity contribution in [2.45, 2.75) is 214 Å². The minimum Gasteiger partial charge on any atom is -0.379 e. The van der Waals surface area contributed by atoms with Crippen molar-refractivity contribution in [3.8, 4) is 6.07 Å². The first-order chi connectivity index (χ1) is 49.7. The first kappa shape index (κ1) is 81.2. The molecule has 0 aromatic rings. The number of carbonyl (C=O) groups excluding carboxylic acids is 4. The van der Waals surface area contributed by atoms with Crippen molar-refractivity contribution in [1.29, 1.82) is 5.26 Å². The Balaban J connectivity index is 0.508. The Labute approximate surface area is 620 Å². The van der Waals surface area contributed by atoms with Gasteiger partial charge in [-0.15, -0.1) is 23.2 Å². The number of rotatable bonds is 41. The summed E-state index contributed by atoms with van der Waals surface area (Å²) < 4.78 is 47.0. The summed E-state index contributed by atoms with van der Waals surface area (Å²) in [4.78, 5) is 65.7. The molecule has 0 bridgehead atoms. The molecule has 6 heterocycles. The maximum absolute atomic E-state index is 13.5. The number of nitrogens with one attached hydrogen (secondary N) is 5. The number of nitriles is 1. The number of fused-ring (bicyclic) bond motifs is 3. The van der Waals surface area contributed by atoms with Crippen LogP contribution >= 0.6 is 23.2 Å². The first-order valence-electron chi connectivity index (χ1n) is 39.7. The Morgan fingerprint density at radius 1 is 0.716 bits per heavy atom. The second-order valence-electron chi connectivity index (χ2n) is 31.2. The third-order valence-corrected chi connectivity index (χ3v) is 25.5. The summed E-state index contributed by atoms with van der Waals surface area (Å²) in [6.07, 6.45) is 25.2. The Morgan fingerprint density at radius 2 is 1.42 bits per heavy atom. The molecular formula is C76H128Cl2N12O12. The number of amides is 5. The van der Waals surface area contributed by atoms with E-state index in [9.17, 15) is 24.4 Å². The number of likely N-dealkylation sites (tertiary alicyclic amines) is 3. The van der Waals surface area contributed by atoms with Gasteiger partial charge in [0.2, 0.25) is 17.7 Å². The quantitative estimate of drug-likeness (QED) is 0.0181. The number of nitrogens with zero attached hydrogens (tertiary/aromatic N) is 7. The predicted molar refractivity (Wildman–Crippen MR) is 393 cm³/mol. The molecule has 10 rings (SSSR count). The molecule has 10 aliphatic rings. The van der Waals surface area contributed by atoms with E-state index >= 15 is 0 Å². The van der Waals surface area contributed by atoms with E-state index in [4.69, 9.17) is 61.1 Å². The van der Waals surface area contributed by atoms with Crippen LogP contribution in [0.4, 0.5) is 4.79 Å². The average Bonchev–Trinajstić information content (AvgIpc) is 1.33. The fourth-order valence-electron chi connectivity index (χ4n) is 18.6. The van der Waals surface area contributed by atoms with Crippen molar-refractivity contribution in [2.75, 3.05) is 172 Å². The van der Waals surface area contributed by atoms with Crippen LogP contribution in [0.5, 0.6) is 0 Å². The van der Waals surface area contributed by atoms with Crippen LogP contribution < -0.4 is 26.6 Å². The van der Waals surface area contributed by atoms with Crippen LogP contribution in [-0.2, 0) is 52.3 Å². The lowest BCUT2D eigenvalue weighted by Gasteiger charge is -2.56. The molecule has 5 amide bonds. The van der Waals surface area contributed by atoms with E-state index < -0.39 is 6.04 Å². The standard InChI is InChI=1S/C76H128Cl2N12O12/c1-54-19-21-59(49-65(54)78)80-75(94)81-66(57-20-22-62-58(48-57)50-90(74(62)93)69-23-24-70(91)83-73(69)92)17-6-5-7-34-95-36-38-97-40-42-99-44-46-101-47-45-100-43-41-98-39-37-96-35-33-85(3)28-10-12-55(2)89-32-31-88(51-60(89)25-27-79)72-63-26-30-87(68-18-9-14-56-13-8-16-64(77)71(56)68)52-67(63)82-76(84-72)102-53-61-15-11-29-86(61)4/h10,12,54,56-69,71-72,76,82,84H,2,5-9,11,13-26,28-53H2,1,3-4H3,(H2,80,81,94)(H,83,91,92)/b12-10+/t54?,56?,57?,58?,59?,60-,61-,62?,63?,64?,65?,66?,67?,68?,69?,71?,72?,76?/m0/s1. The minimum atomic E-state index is -0.590. The maximum atomic E-state index is 13.5. The van der Waals surface area contributed by atoms with Crippen LogP contribution in [0, 0.1) is 52.8 Å². The summed E-state index contributed by atoms with van der Waals surface area (Å²) in [5, 5.41) is 27.4. The fraction of sp³-hybridized carbons (Fsp3) is 0.882. The molecule has 24 nitrogen and oxygen atoms in total. The number of urea groups is 1. The largest absolute Gasteiger partial charge is 0.379 e. The number of carbonyl (C=O) groups is 4. The smallest absolute Gasteiger partial charge is 0.315 e. The Hall–Kier alpha value is -3.33. The highest BCUT2D eigenvalue weighted by molar-refractivity contribution is 6.21. The molecular weight excluding hydrogens is 1340 g/mol. The highest BCUT2D eigenvalue weighted by Crippen LogP contribution is 2.47. The third kappa shape index (κ3) is 24.3. The normalized spacial score (nSPS) is 33.1. The van der Waals surface area contributed by atoms with E-state index in [0.29, 0.717) is 160 Å². The number of piperidine rings is 2.